The third kappa shape index (κ3) is 1.50. The van der Waals surface area contributed by atoms with Gasteiger partial charge in [0.25, 0.3) is 0 Å². The van der Waals surface area contributed by atoms with Gasteiger partial charge in [0.1, 0.15) is 0 Å². The van der Waals surface area contributed by atoms with Crippen molar-refractivity contribution in [2.45, 2.75) is 38.9 Å². The van der Waals surface area contributed by atoms with E-state index in [-0.39, 0.29) is 0 Å². The first-order valence-corrected chi connectivity index (χ1v) is 6.87. The second kappa shape index (κ2) is 2.98. The van der Waals surface area contributed by atoms with Crippen LogP contribution < -0.4 is 0 Å². The summed E-state index contributed by atoms with van der Waals surface area (Å²) in [5.41, 5.74) is -1.68. The van der Waals surface area contributed by atoms with Crippen LogP contribution >= 0.6 is 7.74 Å². The fourth-order valence-electron chi connectivity index (χ4n) is 1.57. The van der Waals surface area contributed by atoms with E-state index in [1.807, 2.05) is 0 Å². The van der Waals surface area contributed by atoms with Gasteiger partial charge in [-0.05, 0) is 0 Å². The molecule has 17 heavy (non-hydrogen) atoms. The first-order valence-electron chi connectivity index (χ1n) is 5.05. The van der Waals surface area contributed by atoms with Gasteiger partial charge < -0.3 is 0 Å². The summed E-state index contributed by atoms with van der Waals surface area (Å²) in [6.07, 6.45) is 0. The predicted molar refractivity (Wildman–Crippen MR) is 56.4 cm³/mol. The minimum absolute atomic E-state index is 0.842. The van der Waals surface area contributed by atoms with E-state index in [1.165, 1.54) is 7.11 Å². The Bertz CT molecular complexity index is 378. The summed E-state index contributed by atoms with van der Waals surface area (Å²) < 4.78 is 26.0. The van der Waals surface area contributed by atoms with Crippen molar-refractivity contribution in [3.8, 4) is 0 Å². The molecule has 0 N–H and O–H groups in total. The van der Waals surface area contributed by atoms with E-state index in [2.05, 4.69) is 0 Å². The standard InChI is InChI=1S/C9H15O7P/c1-8(2)9(3,4)16-17(12-5,15-8)13-6(10)7(11)14-17/h1-5H3. The average molecular weight is 266 g/mol. The van der Waals surface area contributed by atoms with Gasteiger partial charge >= 0.3 is 97.9 Å². The summed E-state index contributed by atoms with van der Waals surface area (Å²) >= 11 is 0. The molecule has 8 heteroatoms. The van der Waals surface area contributed by atoms with Crippen LogP contribution in [-0.2, 0) is 32.2 Å². The zero-order valence-corrected chi connectivity index (χ0v) is 11.2. The van der Waals surface area contributed by atoms with E-state index in [0.29, 0.717) is 0 Å². The molecule has 0 atom stereocenters. The molecule has 2 aliphatic heterocycles. The third-order valence-electron chi connectivity index (χ3n) is 3.13. The zero-order valence-electron chi connectivity index (χ0n) is 10.3. The van der Waals surface area contributed by atoms with E-state index in [9.17, 15) is 9.59 Å². The first-order chi connectivity index (χ1) is 7.55. The van der Waals surface area contributed by atoms with Crippen molar-refractivity contribution in [2.24, 2.45) is 0 Å². The van der Waals surface area contributed by atoms with Crippen LogP contribution in [0, 0.1) is 0 Å². The molecule has 1 spiro atoms. The summed E-state index contributed by atoms with van der Waals surface area (Å²) in [7, 11) is -3.36. The molecule has 0 aromatic heterocycles. The number of hydrogen-bond acceptors (Lipinski definition) is 7. The van der Waals surface area contributed by atoms with Gasteiger partial charge in [0.2, 0.25) is 0 Å². The molecule has 2 rings (SSSR count). The van der Waals surface area contributed by atoms with E-state index in [0.717, 1.165) is 0 Å². The van der Waals surface area contributed by atoms with Crippen molar-refractivity contribution in [3.05, 3.63) is 0 Å². The second-order valence-corrected chi connectivity index (χ2v) is 7.47. The summed E-state index contributed by atoms with van der Waals surface area (Å²) in [5, 5.41) is 0. The molecule has 0 bridgehead atoms. The molecule has 0 aromatic carbocycles. The summed E-state index contributed by atoms with van der Waals surface area (Å²) in [6.45, 7) is 6.92. The van der Waals surface area contributed by atoms with Gasteiger partial charge in [-0.2, -0.15) is 0 Å². The molecule has 0 saturated carbocycles. The van der Waals surface area contributed by atoms with Crippen molar-refractivity contribution < 1.29 is 32.2 Å². The third-order valence-corrected chi connectivity index (χ3v) is 6.17. The monoisotopic (exact) mass is 266 g/mol. The maximum atomic E-state index is 11.2. The minimum atomic E-state index is -4.57. The van der Waals surface area contributed by atoms with Crippen LogP contribution in [0.5, 0.6) is 0 Å². The number of carbonyl (C=O) groups is 2. The normalized spacial score (nSPS) is 33.8. The van der Waals surface area contributed by atoms with Gasteiger partial charge in [-0.25, -0.2) is 0 Å². The van der Waals surface area contributed by atoms with Crippen molar-refractivity contribution in [1.29, 1.82) is 0 Å². The molecule has 0 aromatic rings. The van der Waals surface area contributed by atoms with E-state index >= 15 is 0 Å². The van der Waals surface area contributed by atoms with Crippen molar-refractivity contribution >= 4 is 19.7 Å². The van der Waals surface area contributed by atoms with Crippen LogP contribution in [0.3, 0.4) is 0 Å². The van der Waals surface area contributed by atoms with E-state index < -0.39 is 30.9 Å². The topological polar surface area (TPSA) is 80.3 Å². The Morgan fingerprint density at radius 1 is 0.941 bits per heavy atom. The molecular weight excluding hydrogens is 251 g/mol. The molecule has 2 aliphatic rings. The Morgan fingerprint density at radius 2 is 1.29 bits per heavy atom. The van der Waals surface area contributed by atoms with Gasteiger partial charge in [-0.15, -0.1) is 0 Å². The SMILES string of the molecule is COP12(OC(=O)C(=O)O1)OC(C)(C)C(C)(C)O2. The van der Waals surface area contributed by atoms with Crippen LogP contribution in [0.15, 0.2) is 0 Å². The van der Waals surface area contributed by atoms with Gasteiger partial charge in [0.05, 0.1) is 0 Å². The van der Waals surface area contributed by atoms with E-state index in [4.69, 9.17) is 22.6 Å². The van der Waals surface area contributed by atoms with Crippen molar-refractivity contribution in [3.63, 3.8) is 0 Å². The van der Waals surface area contributed by atoms with Crippen LogP contribution in [-0.4, -0.2) is 30.3 Å². The maximum absolute atomic E-state index is 11.2. The number of carbonyl (C=O) groups excluding carboxylic acids is 2. The van der Waals surface area contributed by atoms with Gasteiger partial charge in [0.15, 0.2) is 0 Å². The Hall–Kier alpha value is -0.750. The zero-order chi connectivity index (χ0) is 13.1. The molecular formula is C9H15O7P. The molecule has 0 radical (unpaired) electrons. The van der Waals surface area contributed by atoms with Crippen LogP contribution in [0.2, 0.25) is 0 Å². The summed E-state index contributed by atoms with van der Waals surface area (Å²) in [6, 6.07) is 0. The van der Waals surface area contributed by atoms with Crippen molar-refractivity contribution in [1.82, 2.24) is 0 Å². The van der Waals surface area contributed by atoms with Gasteiger partial charge in [0, 0.05) is 0 Å². The molecule has 2 fully saturated rings. The average Bonchev–Trinajstić information content (AvgIpc) is 2.46. The Morgan fingerprint density at radius 3 is 1.59 bits per heavy atom. The summed E-state index contributed by atoms with van der Waals surface area (Å²) in [4.78, 5) is 22.4. The van der Waals surface area contributed by atoms with Crippen molar-refractivity contribution in [2.75, 3.05) is 7.11 Å². The molecule has 2 heterocycles. The molecule has 98 valence electrons. The molecule has 0 amide bonds. The first kappa shape index (κ1) is 12.7. The Kier molecular flexibility index (Phi) is 2.22. The Balaban J connectivity index is 2.50. The van der Waals surface area contributed by atoms with Crippen LogP contribution in [0.4, 0.5) is 0 Å². The molecule has 7 nitrogen and oxygen atoms in total. The fraction of sp³-hybridized carbons (Fsp3) is 0.778. The van der Waals surface area contributed by atoms with Gasteiger partial charge in [-0.1, -0.05) is 0 Å². The van der Waals surface area contributed by atoms with Gasteiger partial charge in [-0.3, -0.25) is 0 Å². The van der Waals surface area contributed by atoms with Crippen LogP contribution in [0.1, 0.15) is 27.7 Å². The second-order valence-electron chi connectivity index (χ2n) is 4.89. The molecule has 0 aliphatic carbocycles. The van der Waals surface area contributed by atoms with Crippen LogP contribution in [0.25, 0.3) is 0 Å². The number of rotatable bonds is 1. The molecule has 0 unspecified atom stereocenters. The molecule has 2 saturated heterocycles. The number of hydrogen-bond donors (Lipinski definition) is 0. The fourth-order valence-corrected chi connectivity index (χ4v) is 4.71. The summed E-state index contributed by atoms with van der Waals surface area (Å²) in [5.74, 6) is -2.34. The Labute approximate surface area is 98.6 Å². The predicted octanol–water partition coefficient (Wildman–Crippen LogP) is 1.47. The quantitative estimate of drug-likeness (QED) is 0.525. The van der Waals surface area contributed by atoms with E-state index in [1.54, 1.807) is 27.7 Å².